The zero-order valence-electron chi connectivity index (χ0n) is 14.2. The number of nitrogens with one attached hydrogen (secondary N) is 2. The molecule has 128 valence electrons. The van der Waals surface area contributed by atoms with Crippen molar-refractivity contribution in [2.45, 2.75) is 31.6 Å². The van der Waals surface area contributed by atoms with Gasteiger partial charge in [0, 0.05) is 29.1 Å². The monoisotopic (exact) mass is 336 g/mol. The largest absolute Gasteiger partial charge is 0.361 e. The van der Waals surface area contributed by atoms with Crippen molar-refractivity contribution in [1.82, 2.24) is 10.3 Å². The van der Waals surface area contributed by atoms with Crippen LogP contribution in [0.1, 0.15) is 29.5 Å². The molecule has 1 fully saturated rings. The van der Waals surface area contributed by atoms with Crippen molar-refractivity contribution in [1.29, 1.82) is 0 Å². The predicted octanol–water partition coefficient (Wildman–Crippen LogP) is 4.01. The Bertz CT molecular complexity index is 940. The van der Waals surface area contributed by atoms with Crippen molar-refractivity contribution >= 4 is 16.8 Å². The van der Waals surface area contributed by atoms with E-state index in [4.69, 9.17) is 0 Å². The highest BCUT2D eigenvalue weighted by Crippen LogP contribution is 2.48. The third-order valence-corrected chi connectivity index (χ3v) is 5.28. The second-order valence-electron chi connectivity index (χ2n) is 7.03. The van der Waals surface area contributed by atoms with Gasteiger partial charge in [0.2, 0.25) is 5.91 Å². The normalized spacial score (nSPS) is 15.3. The Balaban J connectivity index is 1.44. The van der Waals surface area contributed by atoms with E-state index in [1.165, 1.54) is 11.6 Å². The van der Waals surface area contributed by atoms with Gasteiger partial charge in [0.25, 0.3) is 0 Å². The van der Waals surface area contributed by atoms with E-state index >= 15 is 0 Å². The van der Waals surface area contributed by atoms with Crippen LogP contribution >= 0.6 is 0 Å². The summed E-state index contributed by atoms with van der Waals surface area (Å²) in [6, 6.07) is 13.0. The summed E-state index contributed by atoms with van der Waals surface area (Å²) >= 11 is 0. The molecule has 1 aliphatic rings. The maximum atomic E-state index is 14.1. The molecule has 2 aromatic carbocycles. The van der Waals surface area contributed by atoms with E-state index in [9.17, 15) is 9.18 Å². The van der Waals surface area contributed by atoms with Crippen LogP contribution in [0.2, 0.25) is 0 Å². The van der Waals surface area contributed by atoms with Gasteiger partial charge in [-0.3, -0.25) is 4.79 Å². The van der Waals surface area contributed by atoms with Gasteiger partial charge < -0.3 is 10.3 Å². The minimum Gasteiger partial charge on any atom is -0.361 e. The lowest BCUT2D eigenvalue weighted by atomic mass is 9.95. The van der Waals surface area contributed by atoms with E-state index in [-0.39, 0.29) is 17.1 Å². The maximum absolute atomic E-state index is 14.1. The van der Waals surface area contributed by atoms with Gasteiger partial charge in [-0.25, -0.2) is 4.39 Å². The summed E-state index contributed by atoms with van der Waals surface area (Å²) in [4.78, 5) is 15.7. The fourth-order valence-corrected chi connectivity index (χ4v) is 3.60. The number of halogens is 1. The average molecular weight is 336 g/mol. The summed E-state index contributed by atoms with van der Waals surface area (Å²) in [5.41, 5.74) is 3.73. The first-order chi connectivity index (χ1) is 12.1. The quantitative estimate of drug-likeness (QED) is 0.726. The molecule has 1 amide bonds. The third-order valence-electron chi connectivity index (χ3n) is 5.28. The van der Waals surface area contributed by atoms with Crippen molar-refractivity contribution in [3.63, 3.8) is 0 Å². The number of aryl methyl sites for hydroxylation is 1. The van der Waals surface area contributed by atoms with Crippen LogP contribution in [0, 0.1) is 12.7 Å². The molecule has 4 heteroatoms. The molecule has 3 aromatic rings. The minimum atomic E-state index is -0.224. The molecule has 0 atom stereocenters. The third kappa shape index (κ3) is 2.93. The minimum absolute atomic E-state index is 0.0231. The summed E-state index contributed by atoms with van der Waals surface area (Å²) in [5.74, 6) is -0.202. The van der Waals surface area contributed by atoms with Crippen LogP contribution in [0.3, 0.4) is 0 Å². The van der Waals surface area contributed by atoms with Gasteiger partial charge in [0.15, 0.2) is 0 Å². The Morgan fingerprint density at radius 1 is 1.20 bits per heavy atom. The van der Waals surface area contributed by atoms with E-state index in [2.05, 4.69) is 10.3 Å². The number of benzene rings is 2. The molecule has 4 rings (SSSR count). The number of hydrogen-bond acceptors (Lipinski definition) is 1. The zero-order valence-corrected chi connectivity index (χ0v) is 14.2. The highest BCUT2D eigenvalue weighted by molar-refractivity contribution is 5.90. The topological polar surface area (TPSA) is 44.9 Å². The highest BCUT2D eigenvalue weighted by atomic mass is 19.1. The number of carbonyl (C=O) groups excluding carboxylic acids is 1. The molecular weight excluding hydrogens is 315 g/mol. The molecule has 25 heavy (non-hydrogen) atoms. The molecule has 3 nitrogen and oxygen atoms in total. The first-order valence-electron chi connectivity index (χ1n) is 8.66. The number of H-pyrrole nitrogens is 1. The van der Waals surface area contributed by atoms with Crippen LogP contribution in [0.25, 0.3) is 10.9 Å². The Hall–Kier alpha value is -2.62. The summed E-state index contributed by atoms with van der Waals surface area (Å²) in [6.07, 6.45) is 4.07. The van der Waals surface area contributed by atoms with Crippen LogP contribution in [0.15, 0.2) is 48.7 Å². The lowest BCUT2D eigenvalue weighted by Crippen LogP contribution is -2.33. The van der Waals surface area contributed by atoms with Crippen molar-refractivity contribution in [3.05, 3.63) is 71.2 Å². The molecule has 1 heterocycles. The maximum Gasteiger partial charge on any atom is 0.224 e. The van der Waals surface area contributed by atoms with E-state index in [0.29, 0.717) is 13.0 Å². The Labute approximate surface area is 146 Å². The molecule has 1 aliphatic carbocycles. The summed E-state index contributed by atoms with van der Waals surface area (Å²) in [5, 5.41) is 4.10. The number of amides is 1. The Morgan fingerprint density at radius 3 is 2.76 bits per heavy atom. The molecular formula is C21H21FN2O. The van der Waals surface area contributed by atoms with E-state index in [0.717, 1.165) is 34.9 Å². The molecule has 0 radical (unpaired) electrons. The molecule has 1 aromatic heterocycles. The van der Waals surface area contributed by atoms with Gasteiger partial charge >= 0.3 is 0 Å². The molecule has 0 unspecified atom stereocenters. The number of rotatable bonds is 5. The van der Waals surface area contributed by atoms with Gasteiger partial charge in [-0.15, -0.1) is 0 Å². The average Bonchev–Trinajstić information content (AvgIpc) is 3.29. The first-order valence-corrected chi connectivity index (χ1v) is 8.66. The summed E-state index contributed by atoms with van der Waals surface area (Å²) in [6.45, 7) is 2.54. The highest BCUT2D eigenvalue weighted by Gasteiger charge is 2.45. The Kier molecular flexibility index (Phi) is 3.83. The van der Waals surface area contributed by atoms with Gasteiger partial charge in [-0.2, -0.15) is 0 Å². The van der Waals surface area contributed by atoms with Gasteiger partial charge in [-0.05, 0) is 42.5 Å². The lowest BCUT2D eigenvalue weighted by molar-refractivity contribution is -0.120. The summed E-state index contributed by atoms with van der Waals surface area (Å²) < 4.78 is 14.1. The predicted molar refractivity (Wildman–Crippen MR) is 97.1 cm³/mol. The molecule has 1 saturated carbocycles. The number of aromatic nitrogens is 1. The zero-order chi connectivity index (χ0) is 17.4. The van der Waals surface area contributed by atoms with Crippen molar-refractivity contribution in [2.75, 3.05) is 6.54 Å². The number of fused-ring (bicyclic) bond motifs is 1. The molecule has 0 saturated heterocycles. The standard InChI is InChI=1S/C21H21FN2O/c1-14-5-4-6-16-15(12-23-20(14)16)11-19(25)24-13-21(9-10-21)17-7-2-3-8-18(17)22/h2-8,12,23H,9-11,13H2,1H3,(H,24,25). The second kappa shape index (κ2) is 6.03. The number of hydrogen-bond donors (Lipinski definition) is 2. The number of carbonyl (C=O) groups is 1. The number of para-hydroxylation sites is 1. The van der Waals surface area contributed by atoms with E-state index < -0.39 is 0 Å². The molecule has 0 spiro atoms. The SMILES string of the molecule is Cc1cccc2c(CC(=O)NCC3(c4ccccc4F)CC3)c[nH]c12. The Morgan fingerprint density at radius 2 is 2.00 bits per heavy atom. The van der Waals surface area contributed by atoms with Gasteiger partial charge in [-0.1, -0.05) is 36.4 Å². The second-order valence-corrected chi connectivity index (χ2v) is 7.03. The fraction of sp³-hybridized carbons (Fsp3) is 0.286. The van der Waals surface area contributed by atoms with Crippen LogP contribution in [0.5, 0.6) is 0 Å². The summed E-state index contributed by atoms with van der Waals surface area (Å²) in [7, 11) is 0. The van der Waals surface area contributed by atoms with Crippen molar-refractivity contribution in [2.24, 2.45) is 0 Å². The van der Waals surface area contributed by atoms with Crippen LogP contribution in [-0.4, -0.2) is 17.4 Å². The van der Waals surface area contributed by atoms with Crippen LogP contribution in [0.4, 0.5) is 4.39 Å². The fourth-order valence-electron chi connectivity index (χ4n) is 3.60. The van der Waals surface area contributed by atoms with Gasteiger partial charge in [0.05, 0.1) is 6.42 Å². The van der Waals surface area contributed by atoms with Crippen molar-refractivity contribution < 1.29 is 9.18 Å². The lowest BCUT2D eigenvalue weighted by Gasteiger charge is -2.17. The van der Waals surface area contributed by atoms with E-state index in [1.807, 2.05) is 43.5 Å². The smallest absolute Gasteiger partial charge is 0.224 e. The number of aromatic amines is 1. The molecule has 2 N–H and O–H groups in total. The van der Waals surface area contributed by atoms with Crippen molar-refractivity contribution in [3.8, 4) is 0 Å². The van der Waals surface area contributed by atoms with E-state index in [1.54, 1.807) is 6.07 Å². The van der Waals surface area contributed by atoms with Crippen LogP contribution < -0.4 is 5.32 Å². The molecule has 0 aliphatic heterocycles. The van der Waals surface area contributed by atoms with Crippen LogP contribution in [-0.2, 0) is 16.6 Å². The first kappa shape index (κ1) is 15.9. The van der Waals surface area contributed by atoms with Gasteiger partial charge in [0.1, 0.15) is 5.82 Å². The molecule has 0 bridgehead atoms.